The maximum absolute atomic E-state index is 6.67. The predicted octanol–water partition coefficient (Wildman–Crippen LogP) is 11.4. The predicted molar refractivity (Wildman–Crippen MR) is 211 cm³/mol. The van der Waals surface area contributed by atoms with Crippen molar-refractivity contribution in [2.45, 2.75) is 25.9 Å². The van der Waals surface area contributed by atoms with Gasteiger partial charge in [-0.3, -0.25) is 4.57 Å². The average Bonchev–Trinajstić information content (AvgIpc) is 3.74. The van der Waals surface area contributed by atoms with Gasteiger partial charge in [-0.2, -0.15) is 0 Å². The van der Waals surface area contributed by atoms with Gasteiger partial charge < -0.3 is 14.2 Å². The number of hydrogen-bond acceptors (Lipinski definition) is 4. The molecule has 0 spiro atoms. The van der Waals surface area contributed by atoms with Crippen molar-refractivity contribution in [2.24, 2.45) is 0 Å². The Labute approximate surface area is 301 Å². The van der Waals surface area contributed by atoms with Crippen molar-refractivity contribution < 1.29 is 4.74 Å². The van der Waals surface area contributed by atoms with E-state index in [-0.39, 0.29) is 5.41 Å². The maximum atomic E-state index is 6.67. The molecule has 0 aliphatic carbocycles. The SMILES string of the molecule is CC(C)(c1ccccc1)c1ccnc(-n2c3ccccc3c3ccc(Oc4cccc(N5Cn6c(nc7ccccc76)-c6ccccc65)c4)cc32)c1. The van der Waals surface area contributed by atoms with Gasteiger partial charge in [-0.05, 0) is 77.9 Å². The molecule has 0 atom stereocenters. The number of pyridine rings is 1. The summed E-state index contributed by atoms with van der Waals surface area (Å²) in [6, 6.07) is 55.1. The second-order valence-electron chi connectivity index (χ2n) is 14.0. The minimum atomic E-state index is -0.196. The molecule has 6 heteroatoms. The van der Waals surface area contributed by atoms with Gasteiger partial charge in [0.05, 0.1) is 27.8 Å². The third-order valence-corrected chi connectivity index (χ3v) is 10.6. The van der Waals surface area contributed by atoms with Crippen molar-refractivity contribution in [1.82, 2.24) is 19.1 Å². The van der Waals surface area contributed by atoms with Gasteiger partial charge in [-0.15, -0.1) is 0 Å². The summed E-state index contributed by atoms with van der Waals surface area (Å²) in [6.45, 7) is 5.19. The van der Waals surface area contributed by atoms with Gasteiger partial charge in [0.1, 0.15) is 29.8 Å². The Balaban J connectivity index is 1.04. The van der Waals surface area contributed by atoms with Crippen molar-refractivity contribution in [1.29, 1.82) is 0 Å². The van der Waals surface area contributed by atoms with E-state index >= 15 is 0 Å². The van der Waals surface area contributed by atoms with Crippen LogP contribution in [-0.2, 0) is 12.1 Å². The Hall–Kier alpha value is -6.66. The van der Waals surface area contributed by atoms with E-state index in [1.54, 1.807) is 0 Å². The van der Waals surface area contributed by atoms with Crippen LogP contribution in [0.3, 0.4) is 0 Å². The second kappa shape index (κ2) is 11.7. The lowest BCUT2D eigenvalue weighted by atomic mass is 9.78. The van der Waals surface area contributed by atoms with E-state index in [1.165, 1.54) is 16.5 Å². The lowest BCUT2D eigenvalue weighted by molar-refractivity contribution is 0.483. The normalized spacial score (nSPS) is 12.7. The molecule has 10 rings (SSSR count). The third kappa shape index (κ3) is 4.79. The molecule has 0 N–H and O–H groups in total. The Kier molecular flexibility index (Phi) is 6.80. The summed E-state index contributed by atoms with van der Waals surface area (Å²) in [5, 5.41) is 2.33. The molecule has 0 amide bonds. The van der Waals surface area contributed by atoms with Crippen molar-refractivity contribution in [3.8, 4) is 28.7 Å². The molecule has 0 radical (unpaired) electrons. The minimum Gasteiger partial charge on any atom is -0.457 e. The number of ether oxygens (including phenoxy) is 1. The standard InChI is InChI=1S/C46H35N5O/c1-46(2,31-13-4-3-5-14-31)32-25-26-47-44(27-32)51-41-21-10-6-17-36(41)37-24-23-35(29-43(37)51)52-34-16-12-15-33(28-34)49-30-50-42-22-11-8-19-39(42)48-45(50)38-18-7-9-20-40(38)49/h3-29H,30H2,1-2H3. The summed E-state index contributed by atoms with van der Waals surface area (Å²) in [7, 11) is 0. The topological polar surface area (TPSA) is 48.1 Å². The highest BCUT2D eigenvalue weighted by Crippen LogP contribution is 2.43. The van der Waals surface area contributed by atoms with Gasteiger partial charge in [-0.1, -0.05) is 92.7 Å². The quantitative estimate of drug-likeness (QED) is 0.176. The molecule has 1 aliphatic rings. The fourth-order valence-corrected chi connectivity index (χ4v) is 7.82. The van der Waals surface area contributed by atoms with Crippen LogP contribution >= 0.6 is 0 Å². The highest BCUT2D eigenvalue weighted by molar-refractivity contribution is 6.09. The van der Waals surface area contributed by atoms with E-state index < -0.39 is 0 Å². The monoisotopic (exact) mass is 673 g/mol. The van der Waals surface area contributed by atoms with Crippen LogP contribution in [0.15, 0.2) is 164 Å². The molecule has 0 fully saturated rings. The first-order valence-electron chi connectivity index (χ1n) is 17.7. The smallest absolute Gasteiger partial charge is 0.144 e. The van der Waals surface area contributed by atoms with Gasteiger partial charge in [-0.25, -0.2) is 9.97 Å². The number of aromatic nitrogens is 4. The van der Waals surface area contributed by atoms with Crippen molar-refractivity contribution >= 4 is 44.2 Å². The van der Waals surface area contributed by atoms with E-state index in [1.807, 2.05) is 18.3 Å². The molecule has 0 unspecified atom stereocenters. The number of benzene rings is 6. The fraction of sp³-hybridized carbons (Fsp3) is 0.0870. The molecule has 3 aromatic heterocycles. The van der Waals surface area contributed by atoms with E-state index in [9.17, 15) is 0 Å². The number of nitrogens with zero attached hydrogens (tertiary/aromatic N) is 5. The van der Waals surface area contributed by atoms with Gasteiger partial charge in [0.15, 0.2) is 0 Å². The molecule has 4 heterocycles. The molecule has 9 aromatic rings. The Morgan fingerprint density at radius 3 is 2.25 bits per heavy atom. The first kappa shape index (κ1) is 30.2. The first-order chi connectivity index (χ1) is 25.5. The number of rotatable bonds is 6. The van der Waals surface area contributed by atoms with Crippen LogP contribution < -0.4 is 9.64 Å². The summed E-state index contributed by atoms with van der Waals surface area (Å²) >= 11 is 0. The van der Waals surface area contributed by atoms with E-state index in [2.05, 4.69) is 173 Å². The van der Waals surface area contributed by atoms with Gasteiger partial charge >= 0.3 is 0 Å². The van der Waals surface area contributed by atoms with Gasteiger partial charge in [0, 0.05) is 45.8 Å². The number of fused-ring (bicyclic) bond motifs is 8. The molecule has 0 bridgehead atoms. The summed E-state index contributed by atoms with van der Waals surface area (Å²) in [4.78, 5) is 12.3. The van der Waals surface area contributed by atoms with E-state index in [0.29, 0.717) is 6.67 Å². The first-order valence-corrected chi connectivity index (χ1v) is 17.7. The zero-order valence-electron chi connectivity index (χ0n) is 28.9. The van der Waals surface area contributed by atoms with Crippen LogP contribution in [-0.4, -0.2) is 19.1 Å². The number of anilines is 2. The summed E-state index contributed by atoms with van der Waals surface area (Å²) in [5.74, 6) is 3.40. The van der Waals surface area contributed by atoms with Crippen LogP contribution in [0.2, 0.25) is 0 Å². The highest BCUT2D eigenvalue weighted by atomic mass is 16.5. The van der Waals surface area contributed by atoms with Crippen molar-refractivity contribution in [3.63, 3.8) is 0 Å². The molecule has 0 saturated carbocycles. The number of para-hydroxylation sites is 4. The lowest BCUT2D eigenvalue weighted by Crippen LogP contribution is -2.26. The molecule has 52 heavy (non-hydrogen) atoms. The van der Waals surface area contributed by atoms with Gasteiger partial charge in [0.2, 0.25) is 0 Å². The number of hydrogen-bond donors (Lipinski definition) is 0. The Morgan fingerprint density at radius 2 is 1.35 bits per heavy atom. The van der Waals surface area contributed by atoms with Crippen LogP contribution in [0.4, 0.5) is 11.4 Å². The fourth-order valence-electron chi connectivity index (χ4n) is 7.82. The molecular formula is C46H35N5O. The molecule has 6 aromatic carbocycles. The molecule has 250 valence electrons. The van der Waals surface area contributed by atoms with E-state index in [4.69, 9.17) is 14.7 Å². The summed E-state index contributed by atoms with van der Waals surface area (Å²) in [5.41, 5.74) is 9.82. The van der Waals surface area contributed by atoms with E-state index in [0.717, 1.165) is 67.5 Å². The van der Waals surface area contributed by atoms with Crippen LogP contribution in [0.25, 0.3) is 50.0 Å². The molecule has 6 nitrogen and oxygen atoms in total. The Morgan fingerprint density at radius 1 is 0.596 bits per heavy atom. The van der Waals surface area contributed by atoms with Crippen LogP contribution in [0.5, 0.6) is 11.5 Å². The highest BCUT2D eigenvalue weighted by Gasteiger charge is 2.27. The average molecular weight is 674 g/mol. The molecule has 0 saturated heterocycles. The maximum Gasteiger partial charge on any atom is 0.144 e. The zero-order chi connectivity index (χ0) is 34.8. The molecular weight excluding hydrogens is 639 g/mol. The third-order valence-electron chi connectivity index (χ3n) is 10.6. The largest absolute Gasteiger partial charge is 0.457 e. The zero-order valence-corrected chi connectivity index (χ0v) is 28.9. The van der Waals surface area contributed by atoms with Crippen molar-refractivity contribution in [3.05, 3.63) is 175 Å². The minimum absolute atomic E-state index is 0.196. The summed E-state index contributed by atoms with van der Waals surface area (Å²) < 4.78 is 11.2. The van der Waals surface area contributed by atoms with Crippen LogP contribution in [0.1, 0.15) is 25.0 Å². The Bertz CT molecular complexity index is 2790. The lowest BCUT2D eigenvalue weighted by Gasteiger charge is -2.32. The second-order valence-corrected chi connectivity index (χ2v) is 14.0. The van der Waals surface area contributed by atoms with Crippen LogP contribution in [0, 0.1) is 0 Å². The van der Waals surface area contributed by atoms with Crippen molar-refractivity contribution in [2.75, 3.05) is 4.90 Å². The molecule has 1 aliphatic heterocycles. The summed E-state index contributed by atoms with van der Waals surface area (Å²) in [6.07, 6.45) is 1.93. The number of imidazole rings is 1. The van der Waals surface area contributed by atoms with Gasteiger partial charge in [0.25, 0.3) is 0 Å².